The molecule has 56 valence electrons. The summed E-state index contributed by atoms with van der Waals surface area (Å²) in [5.41, 5.74) is 1.78. The summed E-state index contributed by atoms with van der Waals surface area (Å²) >= 11 is 0. The van der Waals surface area contributed by atoms with Crippen molar-refractivity contribution in [3.8, 4) is 0 Å². The van der Waals surface area contributed by atoms with E-state index in [9.17, 15) is 0 Å². The van der Waals surface area contributed by atoms with Crippen molar-refractivity contribution in [1.82, 2.24) is 10.3 Å². The number of hydrogen-bond acceptors (Lipinski definition) is 3. The van der Waals surface area contributed by atoms with E-state index in [4.69, 9.17) is 0 Å². The Balaban J connectivity index is 2.82. The maximum Gasteiger partial charge on any atom is 0.124 e. The summed E-state index contributed by atoms with van der Waals surface area (Å²) < 4.78 is 4.55. The van der Waals surface area contributed by atoms with Crippen molar-refractivity contribution in [2.45, 2.75) is 26.2 Å². The summed E-state index contributed by atoms with van der Waals surface area (Å²) in [6.07, 6.45) is 1.07. The first-order valence-corrected chi connectivity index (χ1v) is 3.91. The zero-order valence-corrected chi connectivity index (χ0v) is 7.32. The van der Waals surface area contributed by atoms with Gasteiger partial charge in [0.2, 0.25) is 0 Å². The smallest absolute Gasteiger partial charge is 0.124 e. The Bertz CT molecular complexity index is 211. The van der Waals surface area contributed by atoms with E-state index in [1.807, 2.05) is 0 Å². The van der Waals surface area contributed by atoms with Crippen LogP contribution < -0.4 is 5.44 Å². The van der Waals surface area contributed by atoms with Crippen LogP contribution in [0.5, 0.6) is 0 Å². The summed E-state index contributed by atoms with van der Waals surface area (Å²) in [4.78, 5) is 0. The van der Waals surface area contributed by atoms with Crippen LogP contribution in [0.2, 0.25) is 0 Å². The van der Waals surface area contributed by atoms with Crippen LogP contribution in [-0.2, 0) is 0 Å². The third-order valence-corrected chi connectivity index (χ3v) is 2.02. The van der Waals surface area contributed by atoms with Crippen molar-refractivity contribution < 1.29 is 4.63 Å². The lowest BCUT2D eigenvalue weighted by molar-refractivity contribution is 0.303. The lowest BCUT2D eigenvalue weighted by Crippen LogP contribution is -2.03. The molecule has 0 N–H and O–H groups in total. The van der Waals surface area contributed by atoms with E-state index < -0.39 is 0 Å². The van der Waals surface area contributed by atoms with Gasteiger partial charge in [0, 0.05) is 5.92 Å². The minimum Gasteiger partial charge on any atom is -0.244 e. The van der Waals surface area contributed by atoms with Crippen molar-refractivity contribution in [1.29, 1.82) is 0 Å². The van der Waals surface area contributed by atoms with Gasteiger partial charge >= 0.3 is 0 Å². The summed E-state index contributed by atoms with van der Waals surface area (Å²) in [5, 5.41) is 7.44. The quantitative estimate of drug-likeness (QED) is 0.604. The number of aromatic nitrogens is 2. The normalized spacial score (nSPS) is 13.5. The van der Waals surface area contributed by atoms with Gasteiger partial charge in [-0.05, 0) is 6.42 Å². The molecule has 0 aliphatic rings. The topological polar surface area (TPSA) is 38.9 Å². The van der Waals surface area contributed by atoms with E-state index in [0.29, 0.717) is 5.92 Å². The fourth-order valence-electron chi connectivity index (χ4n) is 0.738. The molecule has 10 heavy (non-hydrogen) atoms. The lowest BCUT2D eigenvalue weighted by atomic mass is 10.1. The van der Waals surface area contributed by atoms with Crippen molar-refractivity contribution in [2.75, 3.05) is 0 Å². The Hall–Kier alpha value is -0.430. The first-order valence-electron chi connectivity index (χ1n) is 3.33. The highest BCUT2D eigenvalue weighted by atomic mass is 31.0. The summed E-state index contributed by atoms with van der Waals surface area (Å²) in [5.74, 6) is 0.443. The van der Waals surface area contributed by atoms with Gasteiger partial charge < -0.3 is 0 Å². The molecule has 1 aromatic heterocycles. The molecule has 0 fully saturated rings. The van der Waals surface area contributed by atoms with Crippen LogP contribution in [0.3, 0.4) is 0 Å². The molecular weight excluding hydrogens is 147 g/mol. The first-order chi connectivity index (χ1) is 4.75. The first kappa shape index (κ1) is 7.67. The molecule has 3 nitrogen and oxygen atoms in total. The van der Waals surface area contributed by atoms with Gasteiger partial charge in [0.05, 0.1) is 0 Å². The fourth-order valence-corrected chi connectivity index (χ4v) is 1.12. The maximum atomic E-state index is 4.55. The van der Waals surface area contributed by atoms with Crippen LogP contribution in [0, 0.1) is 0 Å². The third kappa shape index (κ3) is 1.35. The Labute approximate surface area is 62.4 Å². The SMILES string of the molecule is CCC(C)c1nonc1P. The minimum atomic E-state index is 0.443. The lowest BCUT2D eigenvalue weighted by Gasteiger charge is -2.01. The molecule has 1 rings (SSSR count). The highest BCUT2D eigenvalue weighted by molar-refractivity contribution is 7.27. The van der Waals surface area contributed by atoms with E-state index in [1.54, 1.807) is 0 Å². The second-order valence-corrected chi connectivity index (χ2v) is 2.89. The van der Waals surface area contributed by atoms with Gasteiger partial charge in [0.1, 0.15) is 11.1 Å². The fraction of sp³-hybridized carbons (Fsp3) is 0.667. The summed E-state index contributed by atoms with van der Waals surface area (Å²) in [6.45, 7) is 4.22. The Kier molecular flexibility index (Phi) is 2.39. The largest absolute Gasteiger partial charge is 0.244 e. The van der Waals surface area contributed by atoms with E-state index in [0.717, 1.165) is 17.5 Å². The molecule has 2 unspecified atom stereocenters. The molecule has 2 atom stereocenters. The molecule has 1 heterocycles. The van der Waals surface area contributed by atoms with Crippen LogP contribution in [0.4, 0.5) is 0 Å². The molecule has 0 spiro atoms. The molecule has 0 aliphatic heterocycles. The standard InChI is InChI=1S/C6H11N2OP/c1-3-4(2)5-6(10)8-9-7-5/h4H,3,10H2,1-2H3. The van der Waals surface area contributed by atoms with Crippen LogP contribution >= 0.6 is 9.24 Å². The van der Waals surface area contributed by atoms with Gasteiger partial charge in [-0.3, -0.25) is 0 Å². The molecule has 0 saturated carbocycles. The van der Waals surface area contributed by atoms with E-state index in [-0.39, 0.29) is 0 Å². The predicted octanol–water partition coefficient (Wildman–Crippen LogP) is 1.08. The average molecular weight is 158 g/mol. The van der Waals surface area contributed by atoms with Gasteiger partial charge in [0.15, 0.2) is 0 Å². The molecule has 0 amide bonds. The van der Waals surface area contributed by atoms with Crippen LogP contribution in [0.1, 0.15) is 31.9 Å². The Morgan fingerprint density at radius 3 is 2.70 bits per heavy atom. The Morgan fingerprint density at radius 1 is 1.60 bits per heavy atom. The van der Waals surface area contributed by atoms with Gasteiger partial charge in [0.25, 0.3) is 0 Å². The third-order valence-electron chi connectivity index (χ3n) is 1.62. The average Bonchev–Trinajstić information content (AvgIpc) is 2.34. The zero-order valence-electron chi connectivity index (χ0n) is 6.16. The van der Waals surface area contributed by atoms with Gasteiger partial charge in [-0.15, -0.1) is 0 Å². The van der Waals surface area contributed by atoms with Crippen LogP contribution in [0.15, 0.2) is 4.63 Å². The summed E-state index contributed by atoms with van der Waals surface area (Å²) in [6, 6.07) is 0. The second-order valence-electron chi connectivity index (χ2n) is 2.34. The van der Waals surface area contributed by atoms with Crippen LogP contribution in [0.25, 0.3) is 0 Å². The van der Waals surface area contributed by atoms with Crippen LogP contribution in [-0.4, -0.2) is 10.3 Å². The van der Waals surface area contributed by atoms with Gasteiger partial charge in [-0.1, -0.05) is 33.4 Å². The molecule has 0 aromatic carbocycles. The highest BCUT2D eigenvalue weighted by Crippen LogP contribution is 2.14. The van der Waals surface area contributed by atoms with Crippen molar-refractivity contribution in [3.63, 3.8) is 0 Å². The van der Waals surface area contributed by atoms with Crippen molar-refractivity contribution in [3.05, 3.63) is 5.69 Å². The number of rotatable bonds is 2. The summed E-state index contributed by atoms with van der Waals surface area (Å²) in [7, 11) is 2.50. The Morgan fingerprint density at radius 2 is 2.30 bits per heavy atom. The molecule has 4 heteroatoms. The van der Waals surface area contributed by atoms with Crippen molar-refractivity contribution in [2.24, 2.45) is 0 Å². The molecular formula is C6H11N2OP. The molecule has 0 radical (unpaired) electrons. The van der Waals surface area contributed by atoms with E-state index in [1.165, 1.54) is 0 Å². The minimum absolute atomic E-state index is 0.443. The number of hydrogen-bond donors (Lipinski definition) is 0. The number of nitrogens with zero attached hydrogens (tertiary/aromatic N) is 2. The van der Waals surface area contributed by atoms with E-state index in [2.05, 4.69) is 38.0 Å². The van der Waals surface area contributed by atoms with Crippen molar-refractivity contribution >= 4 is 14.7 Å². The second kappa shape index (κ2) is 3.11. The molecule has 0 bridgehead atoms. The van der Waals surface area contributed by atoms with Gasteiger partial charge in [-0.2, -0.15) is 0 Å². The molecule has 0 aliphatic carbocycles. The highest BCUT2D eigenvalue weighted by Gasteiger charge is 2.11. The molecule has 1 aromatic rings. The zero-order chi connectivity index (χ0) is 7.56. The maximum absolute atomic E-state index is 4.55. The van der Waals surface area contributed by atoms with E-state index >= 15 is 0 Å². The molecule has 0 saturated heterocycles. The van der Waals surface area contributed by atoms with Gasteiger partial charge in [-0.25, -0.2) is 4.63 Å². The predicted molar refractivity (Wildman–Crippen MR) is 42.3 cm³/mol. The monoisotopic (exact) mass is 158 g/mol.